The van der Waals surface area contributed by atoms with Crippen LogP contribution in [0.15, 0.2) is 53.3 Å². The molecular formula is C18H12N2O3. The molecule has 1 N–H and O–H groups in total. The summed E-state index contributed by atoms with van der Waals surface area (Å²) in [6.45, 7) is 0. The molecule has 3 aromatic rings. The van der Waals surface area contributed by atoms with E-state index in [4.69, 9.17) is 5.26 Å². The predicted molar refractivity (Wildman–Crippen MR) is 86.1 cm³/mol. The van der Waals surface area contributed by atoms with E-state index in [1.165, 1.54) is 13.2 Å². The van der Waals surface area contributed by atoms with E-state index in [0.29, 0.717) is 5.69 Å². The monoisotopic (exact) mass is 304 g/mol. The Kier molecular flexibility index (Phi) is 3.65. The SMILES string of the molecule is COC(=O)c1cc(-c2ccc3ccccc3c2)[nH]c(=O)c1C#N. The molecule has 0 bridgehead atoms. The zero-order chi connectivity index (χ0) is 16.4. The van der Waals surface area contributed by atoms with Crippen molar-refractivity contribution in [1.29, 1.82) is 5.26 Å². The molecule has 0 aliphatic heterocycles. The third kappa shape index (κ3) is 2.58. The fourth-order valence-electron chi connectivity index (χ4n) is 2.45. The van der Waals surface area contributed by atoms with Gasteiger partial charge in [-0.3, -0.25) is 4.79 Å². The summed E-state index contributed by atoms with van der Waals surface area (Å²) in [6.07, 6.45) is 0. The van der Waals surface area contributed by atoms with Crippen LogP contribution >= 0.6 is 0 Å². The lowest BCUT2D eigenvalue weighted by atomic mass is 10.0. The number of fused-ring (bicyclic) bond motifs is 1. The summed E-state index contributed by atoms with van der Waals surface area (Å²) in [4.78, 5) is 26.5. The molecule has 0 saturated carbocycles. The highest BCUT2D eigenvalue weighted by Gasteiger charge is 2.17. The van der Waals surface area contributed by atoms with Gasteiger partial charge in [-0.05, 0) is 28.5 Å². The van der Waals surface area contributed by atoms with Crippen LogP contribution in [0.25, 0.3) is 22.0 Å². The minimum Gasteiger partial charge on any atom is -0.465 e. The van der Waals surface area contributed by atoms with Crippen molar-refractivity contribution < 1.29 is 9.53 Å². The van der Waals surface area contributed by atoms with Crippen LogP contribution in [0, 0.1) is 11.3 Å². The van der Waals surface area contributed by atoms with E-state index >= 15 is 0 Å². The number of benzene rings is 2. The smallest absolute Gasteiger partial charge is 0.339 e. The number of nitrogens with zero attached hydrogens (tertiary/aromatic N) is 1. The van der Waals surface area contributed by atoms with Crippen molar-refractivity contribution in [3.8, 4) is 17.3 Å². The quantitative estimate of drug-likeness (QED) is 0.738. The van der Waals surface area contributed by atoms with Crippen molar-refractivity contribution in [1.82, 2.24) is 4.98 Å². The van der Waals surface area contributed by atoms with E-state index in [1.54, 1.807) is 6.07 Å². The minimum absolute atomic E-state index is 0.0399. The molecule has 112 valence electrons. The number of ether oxygens (including phenoxy) is 1. The standard InChI is InChI=1S/C18H12N2O3/c1-23-18(22)14-9-16(20-17(21)15(14)10-19)13-7-6-11-4-2-3-5-12(11)8-13/h2-9H,1H3,(H,20,21). The highest BCUT2D eigenvalue weighted by Crippen LogP contribution is 2.23. The number of aromatic nitrogens is 1. The number of esters is 1. The fourth-order valence-corrected chi connectivity index (χ4v) is 2.45. The van der Waals surface area contributed by atoms with Gasteiger partial charge in [0.25, 0.3) is 5.56 Å². The number of carbonyl (C=O) groups excluding carboxylic acids is 1. The second-order valence-corrected chi connectivity index (χ2v) is 4.97. The molecule has 0 amide bonds. The molecule has 0 spiro atoms. The normalized spacial score (nSPS) is 10.3. The van der Waals surface area contributed by atoms with Crippen LogP contribution in [0.5, 0.6) is 0 Å². The second kappa shape index (κ2) is 5.78. The Morgan fingerprint density at radius 2 is 1.87 bits per heavy atom. The first-order valence-electron chi connectivity index (χ1n) is 6.89. The molecule has 3 rings (SSSR count). The van der Waals surface area contributed by atoms with E-state index in [0.717, 1.165) is 16.3 Å². The predicted octanol–water partition coefficient (Wildman–Crippen LogP) is 2.85. The highest BCUT2D eigenvalue weighted by molar-refractivity contribution is 5.94. The first kappa shape index (κ1) is 14.5. The number of hydrogen-bond acceptors (Lipinski definition) is 4. The Morgan fingerprint density at radius 3 is 2.57 bits per heavy atom. The molecule has 5 heteroatoms. The Hall–Kier alpha value is -3.39. The lowest BCUT2D eigenvalue weighted by molar-refractivity contribution is 0.0600. The summed E-state index contributed by atoms with van der Waals surface area (Å²) >= 11 is 0. The maximum Gasteiger partial charge on any atom is 0.339 e. The van der Waals surface area contributed by atoms with E-state index in [9.17, 15) is 9.59 Å². The summed E-state index contributed by atoms with van der Waals surface area (Å²) in [5, 5.41) is 11.1. The lowest BCUT2D eigenvalue weighted by Crippen LogP contribution is -2.17. The number of pyridine rings is 1. The van der Waals surface area contributed by atoms with Crippen LogP contribution in [0.4, 0.5) is 0 Å². The summed E-state index contributed by atoms with van der Waals surface area (Å²) in [5.41, 5.74) is 0.303. The van der Waals surface area contributed by atoms with Crippen LogP contribution in [-0.4, -0.2) is 18.1 Å². The number of methoxy groups -OCH3 is 1. The molecule has 23 heavy (non-hydrogen) atoms. The van der Waals surface area contributed by atoms with Crippen molar-refractivity contribution in [2.24, 2.45) is 0 Å². The number of nitrogens with one attached hydrogen (secondary N) is 1. The molecule has 1 aromatic heterocycles. The minimum atomic E-state index is -0.713. The number of hydrogen-bond donors (Lipinski definition) is 1. The molecule has 0 fully saturated rings. The van der Waals surface area contributed by atoms with Crippen LogP contribution in [0.1, 0.15) is 15.9 Å². The number of nitriles is 1. The van der Waals surface area contributed by atoms with Gasteiger partial charge in [0.2, 0.25) is 0 Å². The Labute approximate surface area is 131 Å². The Balaban J connectivity index is 2.22. The van der Waals surface area contributed by atoms with E-state index in [1.807, 2.05) is 42.5 Å². The third-order valence-corrected chi connectivity index (χ3v) is 3.61. The van der Waals surface area contributed by atoms with Gasteiger partial charge in [-0.25, -0.2) is 4.79 Å². The zero-order valence-electron chi connectivity index (χ0n) is 12.3. The van der Waals surface area contributed by atoms with Crippen molar-refractivity contribution >= 4 is 16.7 Å². The summed E-state index contributed by atoms with van der Waals surface area (Å²) in [6, 6.07) is 16.7. The van der Waals surface area contributed by atoms with Gasteiger partial charge in [-0.2, -0.15) is 5.26 Å². The molecule has 0 radical (unpaired) electrons. The number of rotatable bonds is 2. The van der Waals surface area contributed by atoms with Gasteiger partial charge in [0, 0.05) is 5.69 Å². The molecular weight excluding hydrogens is 292 g/mol. The topological polar surface area (TPSA) is 83.0 Å². The lowest BCUT2D eigenvalue weighted by Gasteiger charge is -2.07. The molecule has 0 saturated heterocycles. The van der Waals surface area contributed by atoms with Crippen LogP contribution in [0.3, 0.4) is 0 Å². The Morgan fingerprint density at radius 1 is 1.13 bits per heavy atom. The second-order valence-electron chi connectivity index (χ2n) is 4.97. The molecule has 0 aliphatic carbocycles. The van der Waals surface area contributed by atoms with Crippen molar-refractivity contribution in [2.75, 3.05) is 7.11 Å². The van der Waals surface area contributed by atoms with Crippen molar-refractivity contribution in [3.63, 3.8) is 0 Å². The largest absolute Gasteiger partial charge is 0.465 e. The van der Waals surface area contributed by atoms with Gasteiger partial charge in [-0.1, -0.05) is 36.4 Å². The first-order chi connectivity index (χ1) is 11.1. The summed E-state index contributed by atoms with van der Waals surface area (Å²) in [7, 11) is 1.21. The van der Waals surface area contributed by atoms with Crippen molar-refractivity contribution in [3.05, 3.63) is 70.0 Å². The molecule has 0 aliphatic rings. The van der Waals surface area contributed by atoms with Crippen LogP contribution in [0.2, 0.25) is 0 Å². The average molecular weight is 304 g/mol. The van der Waals surface area contributed by atoms with Gasteiger partial charge < -0.3 is 9.72 Å². The zero-order valence-corrected chi connectivity index (χ0v) is 12.3. The van der Waals surface area contributed by atoms with Gasteiger partial charge in [0.05, 0.1) is 12.7 Å². The average Bonchev–Trinajstić information content (AvgIpc) is 2.59. The van der Waals surface area contributed by atoms with Crippen molar-refractivity contribution in [2.45, 2.75) is 0 Å². The van der Waals surface area contributed by atoms with Gasteiger partial charge in [0.15, 0.2) is 0 Å². The maximum atomic E-state index is 12.1. The highest BCUT2D eigenvalue weighted by atomic mass is 16.5. The third-order valence-electron chi connectivity index (χ3n) is 3.61. The Bertz CT molecular complexity index is 1010. The molecule has 1 heterocycles. The van der Waals surface area contributed by atoms with Crippen LogP contribution in [-0.2, 0) is 4.74 Å². The number of H-pyrrole nitrogens is 1. The van der Waals surface area contributed by atoms with E-state index < -0.39 is 11.5 Å². The molecule has 0 unspecified atom stereocenters. The number of carbonyl (C=O) groups is 1. The van der Waals surface area contributed by atoms with E-state index in [-0.39, 0.29) is 11.1 Å². The fraction of sp³-hybridized carbons (Fsp3) is 0.0556. The molecule has 0 atom stereocenters. The maximum absolute atomic E-state index is 12.1. The van der Waals surface area contributed by atoms with Crippen LogP contribution < -0.4 is 5.56 Å². The molecule has 5 nitrogen and oxygen atoms in total. The van der Waals surface area contributed by atoms with Gasteiger partial charge >= 0.3 is 5.97 Å². The summed E-state index contributed by atoms with van der Waals surface area (Å²) in [5.74, 6) is -0.713. The van der Waals surface area contributed by atoms with E-state index in [2.05, 4.69) is 9.72 Å². The van der Waals surface area contributed by atoms with Gasteiger partial charge in [0.1, 0.15) is 11.6 Å². The molecule has 2 aromatic carbocycles. The summed E-state index contributed by atoms with van der Waals surface area (Å²) < 4.78 is 4.65. The number of aromatic amines is 1. The first-order valence-corrected chi connectivity index (χ1v) is 6.89. The van der Waals surface area contributed by atoms with Gasteiger partial charge in [-0.15, -0.1) is 0 Å².